The molecule has 0 aliphatic rings. The minimum absolute atomic E-state index is 0.117. The molecular weight excluding hydrogens is 340 g/mol. The lowest BCUT2D eigenvalue weighted by Crippen LogP contribution is -2.14. The van der Waals surface area contributed by atoms with E-state index in [1.54, 1.807) is 42.5 Å². The molecule has 0 aromatic heterocycles. The second-order valence-corrected chi connectivity index (χ2v) is 7.15. The van der Waals surface area contributed by atoms with Crippen LogP contribution in [-0.4, -0.2) is 19.4 Å². The molecule has 3 aromatic rings. The lowest BCUT2D eigenvalue weighted by Gasteiger charge is -2.15. The van der Waals surface area contributed by atoms with Crippen molar-refractivity contribution >= 4 is 38.1 Å². The maximum atomic E-state index is 12.6. The summed E-state index contributed by atoms with van der Waals surface area (Å²) in [5, 5.41) is 13.8. The molecule has 25 heavy (non-hydrogen) atoms. The summed E-state index contributed by atoms with van der Waals surface area (Å²) in [7, 11) is -3.81. The summed E-state index contributed by atoms with van der Waals surface area (Å²) in [5.41, 5.74) is 0.401. The Morgan fingerprint density at radius 1 is 0.920 bits per heavy atom. The summed E-state index contributed by atoms with van der Waals surface area (Å²) in [6.45, 7) is 1.31. The molecule has 6 nitrogen and oxygen atoms in total. The van der Waals surface area contributed by atoms with Gasteiger partial charge in [-0.25, -0.2) is 8.42 Å². The van der Waals surface area contributed by atoms with E-state index >= 15 is 0 Å². The zero-order chi connectivity index (χ0) is 18.0. The van der Waals surface area contributed by atoms with Gasteiger partial charge in [-0.2, -0.15) is 0 Å². The maximum Gasteiger partial charge on any atom is 0.261 e. The van der Waals surface area contributed by atoms with Gasteiger partial charge in [-0.1, -0.05) is 42.5 Å². The number of nitrogens with one attached hydrogen (secondary N) is 2. The molecule has 0 aliphatic carbocycles. The van der Waals surface area contributed by atoms with Gasteiger partial charge >= 0.3 is 0 Å². The van der Waals surface area contributed by atoms with Gasteiger partial charge in [-0.3, -0.25) is 9.52 Å². The highest BCUT2D eigenvalue weighted by Crippen LogP contribution is 2.38. The van der Waals surface area contributed by atoms with Crippen LogP contribution in [-0.2, 0) is 14.8 Å². The highest BCUT2D eigenvalue weighted by molar-refractivity contribution is 7.92. The summed E-state index contributed by atoms with van der Waals surface area (Å²) in [4.78, 5) is 11.5. The Labute approximate surface area is 145 Å². The number of fused-ring (bicyclic) bond motifs is 1. The van der Waals surface area contributed by atoms with Gasteiger partial charge in [0.25, 0.3) is 10.0 Å². The third-order valence-corrected chi connectivity index (χ3v) is 5.01. The monoisotopic (exact) mass is 356 g/mol. The predicted molar refractivity (Wildman–Crippen MR) is 97.2 cm³/mol. The van der Waals surface area contributed by atoms with Gasteiger partial charge in [-0.15, -0.1) is 0 Å². The number of sulfonamides is 1. The molecule has 0 bridgehead atoms. The van der Waals surface area contributed by atoms with Crippen LogP contribution in [0.4, 0.5) is 11.4 Å². The van der Waals surface area contributed by atoms with Crippen molar-refractivity contribution in [1.82, 2.24) is 0 Å². The van der Waals surface area contributed by atoms with Gasteiger partial charge in [0, 0.05) is 17.7 Å². The number of hydrogen-bond acceptors (Lipinski definition) is 4. The molecule has 3 N–H and O–H groups in total. The molecule has 3 rings (SSSR count). The van der Waals surface area contributed by atoms with Gasteiger partial charge in [0.05, 0.1) is 16.3 Å². The lowest BCUT2D eigenvalue weighted by atomic mass is 10.1. The zero-order valence-corrected chi connectivity index (χ0v) is 14.2. The number of benzene rings is 3. The molecule has 0 spiro atoms. The third-order valence-electron chi connectivity index (χ3n) is 3.62. The molecule has 0 atom stereocenters. The number of aromatic hydroxyl groups is 1. The van der Waals surface area contributed by atoms with Gasteiger partial charge in [0.15, 0.2) is 0 Å². The number of amides is 1. The number of hydrogen-bond donors (Lipinski definition) is 3. The minimum Gasteiger partial charge on any atom is -0.505 e. The summed E-state index contributed by atoms with van der Waals surface area (Å²) in [6, 6.07) is 16.2. The zero-order valence-electron chi connectivity index (χ0n) is 13.4. The summed E-state index contributed by atoms with van der Waals surface area (Å²) in [5.74, 6) is -0.490. The second-order valence-electron chi connectivity index (χ2n) is 5.47. The van der Waals surface area contributed by atoms with Gasteiger partial charge in [-0.05, 0) is 18.2 Å². The fourth-order valence-corrected chi connectivity index (χ4v) is 3.62. The topological polar surface area (TPSA) is 95.5 Å². The van der Waals surface area contributed by atoms with E-state index < -0.39 is 10.0 Å². The molecule has 128 valence electrons. The number of anilines is 2. The van der Waals surface area contributed by atoms with Crippen LogP contribution in [0.15, 0.2) is 65.6 Å². The molecule has 0 radical (unpaired) electrons. The SMILES string of the molecule is CC(=O)Nc1cc(NS(=O)(=O)c2ccccc2)c2ccccc2c1O. The van der Waals surface area contributed by atoms with E-state index in [1.807, 2.05) is 0 Å². The van der Waals surface area contributed by atoms with E-state index in [0.29, 0.717) is 10.8 Å². The second kappa shape index (κ2) is 6.45. The molecule has 0 heterocycles. The molecule has 0 fully saturated rings. The van der Waals surface area contributed by atoms with E-state index in [2.05, 4.69) is 10.0 Å². The average Bonchev–Trinajstić information content (AvgIpc) is 2.59. The summed E-state index contributed by atoms with van der Waals surface area (Å²) < 4.78 is 27.7. The van der Waals surface area contributed by atoms with Crippen molar-refractivity contribution in [2.75, 3.05) is 10.0 Å². The fraction of sp³-hybridized carbons (Fsp3) is 0.0556. The third kappa shape index (κ3) is 3.41. The Hall–Kier alpha value is -3.06. The molecule has 0 aliphatic heterocycles. The van der Waals surface area contributed by atoms with E-state index in [1.165, 1.54) is 25.1 Å². The normalized spacial score (nSPS) is 11.2. The quantitative estimate of drug-likeness (QED) is 0.494. The first-order valence-electron chi connectivity index (χ1n) is 7.48. The van der Waals surface area contributed by atoms with E-state index in [9.17, 15) is 18.3 Å². The van der Waals surface area contributed by atoms with Crippen LogP contribution in [0.3, 0.4) is 0 Å². The van der Waals surface area contributed by atoms with Crippen LogP contribution >= 0.6 is 0 Å². The van der Waals surface area contributed by atoms with Gasteiger partial charge in [0.1, 0.15) is 5.75 Å². The van der Waals surface area contributed by atoms with Crippen LogP contribution in [0.2, 0.25) is 0 Å². The standard InChI is InChI=1S/C18H16N2O4S/c1-12(21)19-17-11-16(14-9-5-6-10-15(14)18(17)22)20-25(23,24)13-7-3-2-4-8-13/h2-11,20,22H,1H3,(H,19,21). The first-order valence-corrected chi connectivity index (χ1v) is 8.97. The van der Waals surface area contributed by atoms with Crippen molar-refractivity contribution in [3.05, 3.63) is 60.7 Å². The molecule has 7 heteroatoms. The van der Waals surface area contributed by atoms with Crippen molar-refractivity contribution in [3.63, 3.8) is 0 Å². The average molecular weight is 356 g/mol. The number of carbonyl (C=O) groups excluding carboxylic acids is 1. The highest BCUT2D eigenvalue weighted by atomic mass is 32.2. The smallest absolute Gasteiger partial charge is 0.261 e. The molecule has 1 amide bonds. The maximum absolute atomic E-state index is 12.6. The number of rotatable bonds is 4. The first-order chi connectivity index (χ1) is 11.9. The van der Waals surface area contributed by atoms with Crippen LogP contribution in [0.5, 0.6) is 5.75 Å². The Morgan fingerprint density at radius 2 is 1.52 bits per heavy atom. The molecule has 0 unspecified atom stereocenters. The van der Waals surface area contributed by atoms with E-state index in [-0.39, 0.29) is 27.9 Å². The fourth-order valence-electron chi connectivity index (χ4n) is 2.53. The lowest BCUT2D eigenvalue weighted by molar-refractivity contribution is -0.114. The number of phenols is 1. The number of phenolic OH excluding ortho intramolecular Hbond substituents is 1. The Bertz CT molecular complexity index is 1050. The van der Waals surface area contributed by atoms with Crippen molar-refractivity contribution in [1.29, 1.82) is 0 Å². The van der Waals surface area contributed by atoms with Crippen molar-refractivity contribution in [2.45, 2.75) is 11.8 Å². The molecule has 0 saturated carbocycles. The van der Waals surface area contributed by atoms with Gasteiger partial charge < -0.3 is 10.4 Å². The van der Waals surface area contributed by atoms with Crippen LogP contribution in [0, 0.1) is 0 Å². The van der Waals surface area contributed by atoms with Crippen LogP contribution < -0.4 is 10.0 Å². The van der Waals surface area contributed by atoms with Gasteiger partial charge in [0.2, 0.25) is 5.91 Å². The first kappa shape index (κ1) is 16.8. The molecule has 0 saturated heterocycles. The van der Waals surface area contributed by atoms with Crippen LogP contribution in [0.25, 0.3) is 10.8 Å². The van der Waals surface area contributed by atoms with Crippen molar-refractivity contribution in [3.8, 4) is 5.75 Å². The van der Waals surface area contributed by atoms with E-state index in [4.69, 9.17) is 0 Å². The predicted octanol–water partition coefficient (Wildman–Crippen LogP) is 3.30. The molecule has 3 aromatic carbocycles. The largest absolute Gasteiger partial charge is 0.505 e. The summed E-state index contributed by atoms with van der Waals surface area (Å²) >= 11 is 0. The van der Waals surface area contributed by atoms with Crippen LogP contribution in [0.1, 0.15) is 6.92 Å². The summed E-state index contributed by atoms with van der Waals surface area (Å²) in [6.07, 6.45) is 0. The van der Waals surface area contributed by atoms with Crippen molar-refractivity contribution in [2.24, 2.45) is 0 Å². The van der Waals surface area contributed by atoms with Crippen molar-refractivity contribution < 1.29 is 18.3 Å². The Balaban J connectivity index is 2.15. The number of carbonyl (C=O) groups is 1. The Kier molecular flexibility index (Phi) is 4.33. The highest BCUT2D eigenvalue weighted by Gasteiger charge is 2.18. The van der Waals surface area contributed by atoms with E-state index in [0.717, 1.165) is 0 Å². The minimum atomic E-state index is -3.81. The Morgan fingerprint density at radius 3 is 2.16 bits per heavy atom. The molecular formula is C18H16N2O4S.